The van der Waals surface area contributed by atoms with Gasteiger partial charge < -0.3 is 5.11 Å². The number of rotatable bonds is 5. The van der Waals surface area contributed by atoms with Gasteiger partial charge in [0.2, 0.25) is 0 Å². The quantitative estimate of drug-likeness (QED) is 0.570. The van der Waals surface area contributed by atoms with E-state index in [1.807, 2.05) is 6.07 Å². The van der Waals surface area contributed by atoms with Gasteiger partial charge in [-0.15, -0.1) is 0 Å². The van der Waals surface area contributed by atoms with Crippen molar-refractivity contribution in [2.75, 3.05) is 0 Å². The van der Waals surface area contributed by atoms with E-state index in [2.05, 4.69) is 5.10 Å². The lowest BCUT2D eigenvalue weighted by Gasteiger charge is -2.11. The van der Waals surface area contributed by atoms with Crippen LogP contribution in [0.4, 0.5) is 5.69 Å². The number of aliphatic hydroxyl groups excluding tert-OH is 1. The highest BCUT2D eigenvalue weighted by molar-refractivity contribution is 5.72. The number of nitrogens with zero attached hydrogens (tertiary/aromatic N) is 4. The smallest absolute Gasteiger partial charge is 0.277 e. The van der Waals surface area contributed by atoms with Gasteiger partial charge in [-0.3, -0.25) is 14.8 Å². The Morgan fingerprint density at radius 2 is 1.96 bits per heavy atom. The van der Waals surface area contributed by atoms with Crippen LogP contribution in [-0.4, -0.2) is 19.8 Å². The summed E-state index contributed by atoms with van der Waals surface area (Å²) >= 11 is 0. The van der Waals surface area contributed by atoms with Crippen LogP contribution in [0.15, 0.2) is 60.9 Å². The van der Waals surface area contributed by atoms with Crippen LogP contribution in [0.1, 0.15) is 17.2 Å². The van der Waals surface area contributed by atoms with E-state index in [-0.39, 0.29) is 12.2 Å². The van der Waals surface area contributed by atoms with Crippen LogP contribution >= 0.6 is 0 Å². The van der Waals surface area contributed by atoms with Crippen molar-refractivity contribution >= 4 is 5.69 Å². The van der Waals surface area contributed by atoms with Crippen LogP contribution < -0.4 is 0 Å². The average Bonchev–Trinajstić information content (AvgIpc) is 3.10. The lowest BCUT2D eigenvalue weighted by molar-refractivity contribution is -0.384. The van der Waals surface area contributed by atoms with Crippen molar-refractivity contribution in [2.45, 2.75) is 12.6 Å². The van der Waals surface area contributed by atoms with E-state index in [1.165, 1.54) is 16.9 Å². The lowest BCUT2D eigenvalue weighted by Crippen LogP contribution is -2.09. The van der Waals surface area contributed by atoms with Gasteiger partial charge in [0.25, 0.3) is 5.69 Å². The molecular weight excluding hydrogens is 320 g/mol. The lowest BCUT2D eigenvalue weighted by atomic mass is 10.1. The van der Waals surface area contributed by atoms with Crippen LogP contribution in [-0.2, 0) is 6.54 Å². The van der Waals surface area contributed by atoms with E-state index in [0.717, 1.165) is 0 Å². The Bertz CT molecular complexity index is 941. The second-order valence-corrected chi connectivity index (χ2v) is 5.47. The molecule has 0 aliphatic rings. The Kier molecular flexibility index (Phi) is 4.55. The number of aliphatic hydroxyl groups is 1. The summed E-state index contributed by atoms with van der Waals surface area (Å²) in [5.41, 5.74) is 2.29. The summed E-state index contributed by atoms with van der Waals surface area (Å²) in [6, 6.07) is 15.1. The van der Waals surface area contributed by atoms with Crippen molar-refractivity contribution in [3.05, 3.63) is 82.2 Å². The fourth-order valence-electron chi connectivity index (χ4n) is 2.54. The van der Waals surface area contributed by atoms with Gasteiger partial charge in [-0.25, -0.2) is 0 Å². The number of aromatic nitrogens is 2. The van der Waals surface area contributed by atoms with Crippen molar-refractivity contribution in [1.82, 2.24) is 9.78 Å². The SMILES string of the molecule is N#Cc1ccc([C@H](O)Cn2cc(-c3ccccc3[N+](=O)[O-])cn2)cc1. The molecule has 1 N–H and O–H groups in total. The number of nitro benzene ring substituents is 1. The van der Waals surface area contributed by atoms with Gasteiger partial charge in [-0.1, -0.05) is 24.3 Å². The van der Waals surface area contributed by atoms with E-state index in [0.29, 0.717) is 22.3 Å². The van der Waals surface area contributed by atoms with Crippen LogP contribution in [0.2, 0.25) is 0 Å². The van der Waals surface area contributed by atoms with Gasteiger partial charge in [0.05, 0.1) is 41.0 Å². The third-order valence-corrected chi connectivity index (χ3v) is 3.83. The van der Waals surface area contributed by atoms with Crippen LogP contribution in [0.5, 0.6) is 0 Å². The highest BCUT2D eigenvalue weighted by Crippen LogP contribution is 2.29. The fourth-order valence-corrected chi connectivity index (χ4v) is 2.54. The van der Waals surface area contributed by atoms with Gasteiger partial charge in [-0.05, 0) is 23.8 Å². The van der Waals surface area contributed by atoms with Crippen LogP contribution in [0.3, 0.4) is 0 Å². The Balaban J connectivity index is 1.80. The number of benzene rings is 2. The van der Waals surface area contributed by atoms with E-state index in [9.17, 15) is 15.2 Å². The molecule has 2 aromatic carbocycles. The second-order valence-electron chi connectivity index (χ2n) is 5.47. The molecule has 124 valence electrons. The molecule has 0 aliphatic heterocycles. The third kappa shape index (κ3) is 3.54. The van der Waals surface area contributed by atoms with Gasteiger partial charge in [0, 0.05) is 17.8 Å². The molecule has 7 nitrogen and oxygen atoms in total. The number of para-hydroxylation sites is 1. The average molecular weight is 334 g/mol. The molecule has 0 saturated carbocycles. The zero-order valence-electron chi connectivity index (χ0n) is 13.1. The molecule has 0 unspecified atom stereocenters. The molecule has 1 atom stereocenters. The van der Waals surface area contributed by atoms with E-state index < -0.39 is 11.0 Å². The van der Waals surface area contributed by atoms with Gasteiger partial charge in [0.15, 0.2) is 0 Å². The van der Waals surface area contributed by atoms with E-state index >= 15 is 0 Å². The molecular formula is C18H14N4O3. The summed E-state index contributed by atoms with van der Waals surface area (Å²) in [4.78, 5) is 10.7. The molecule has 1 heterocycles. The highest BCUT2D eigenvalue weighted by atomic mass is 16.6. The van der Waals surface area contributed by atoms with Gasteiger partial charge in [0.1, 0.15) is 0 Å². The maximum absolute atomic E-state index is 11.1. The Labute approximate surface area is 143 Å². The summed E-state index contributed by atoms with van der Waals surface area (Å²) in [5.74, 6) is 0. The predicted molar refractivity (Wildman–Crippen MR) is 90.4 cm³/mol. The minimum absolute atomic E-state index is 0.00897. The maximum Gasteiger partial charge on any atom is 0.277 e. The zero-order valence-corrected chi connectivity index (χ0v) is 13.1. The maximum atomic E-state index is 11.1. The van der Waals surface area contributed by atoms with E-state index in [4.69, 9.17) is 5.26 Å². The van der Waals surface area contributed by atoms with Crippen molar-refractivity contribution in [1.29, 1.82) is 5.26 Å². The minimum Gasteiger partial charge on any atom is -0.386 e. The van der Waals surface area contributed by atoms with E-state index in [1.54, 1.807) is 48.7 Å². The molecule has 0 fully saturated rings. The number of nitriles is 1. The first-order valence-electron chi connectivity index (χ1n) is 7.53. The topological polar surface area (TPSA) is 105 Å². The third-order valence-electron chi connectivity index (χ3n) is 3.83. The van der Waals surface area contributed by atoms with Crippen molar-refractivity contribution in [3.63, 3.8) is 0 Å². The molecule has 0 spiro atoms. The monoisotopic (exact) mass is 334 g/mol. The first-order chi connectivity index (χ1) is 12.1. The van der Waals surface area contributed by atoms with Crippen molar-refractivity contribution < 1.29 is 10.0 Å². The molecule has 7 heteroatoms. The standard InChI is InChI=1S/C18H14N4O3/c19-9-13-5-7-14(8-6-13)18(23)12-21-11-15(10-20-21)16-3-1-2-4-17(16)22(24)25/h1-8,10-11,18,23H,12H2/t18-/m1/s1. The molecule has 25 heavy (non-hydrogen) atoms. The summed E-state index contributed by atoms with van der Waals surface area (Å²) in [5, 5.41) is 34.4. The molecule has 3 aromatic rings. The first kappa shape index (κ1) is 16.4. The van der Waals surface area contributed by atoms with Gasteiger partial charge >= 0.3 is 0 Å². The van der Waals surface area contributed by atoms with Crippen molar-refractivity contribution in [3.8, 4) is 17.2 Å². The largest absolute Gasteiger partial charge is 0.386 e. The zero-order chi connectivity index (χ0) is 17.8. The summed E-state index contributed by atoms with van der Waals surface area (Å²) in [6.45, 7) is 0.201. The second kappa shape index (κ2) is 6.95. The molecule has 0 saturated heterocycles. The molecule has 0 amide bonds. The van der Waals surface area contributed by atoms with Crippen LogP contribution in [0, 0.1) is 21.4 Å². The molecule has 1 aromatic heterocycles. The predicted octanol–water partition coefficient (Wildman–Crippen LogP) is 3.06. The summed E-state index contributed by atoms with van der Waals surface area (Å²) in [7, 11) is 0. The summed E-state index contributed by atoms with van der Waals surface area (Å²) < 4.78 is 1.54. The summed E-state index contributed by atoms with van der Waals surface area (Å²) in [6.07, 6.45) is 2.40. The Hall–Kier alpha value is -3.50. The number of hydrogen-bond donors (Lipinski definition) is 1. The normalized spacial score (nSPS) is 11.7. The number of nitro groups is 1. The highest BCUT2D eigenvalue weighted by Gasteiger charge is 2.16. The van der Waals surface area contributed by atoms with Crippen molar-refractivity contribution in [2.24, 2.45) is 0 Å². The minimum atomic E-state index is -0.800. The molecule has 3 rings (SSSR count). The molecule has 0 aliphatic carbocycles. The van der Waals surface area contributed by atoms with Gasteiger partial charge in [-0.2, -0.15) is 10.4 Å². The number of hydrogen-bond acceptors (Lipinski definition) is 5. The Morgan fingerprint density at radius 1 is 1.24 bits per heavy atom. The van der Waals surface area contributed by atoms with Crippen LogP contribution in [0.25, 0.3) is 11.1 Å². The Morgan fingerprint density at radius 3 is 2.64 bits per heavy atom. The first-order valence-corrected chi connectivity index (χ1v) is 7.53. The molecule has 0 bridgehead atoms. The molecule has 0 radical (unpaired) electrons. The fraction of sp³-hybridized carbons (Fsp3) is 0.111.